The molecule has 1 aromatic heterocycles. The first-order valence-electron chi connectivity index (χ1n) is 8.15. The zero-order chi connectivity index (χ0) is 15.4. The molecule has 1 N–H and O–H groups in total. The molecule has 3 heterocycles. The first-order chi connectivity index (χ1) is 10.7. The van der Waals surface area contributed by atoms with Crippen LogP contribution in [0.4, 0.5) is 0 Å². The molecule has 122 valence electrons. The number of aliphatic hydroxyl groups is 1. The van der Waals surface area contributed by atoms with E-state index in [1.807, 2.05) is 0 Å². The highest BCUT2D eigenvalue weighted by atomic mass is 16.3. The number of hydrogen-bond acceptors (Lipinski definition) is 6. The van der Waals surface area contributed by atoms with Crippen molar-refractivity contribution in [2.75, 3.05) is 26.2 Å². The van der Waals surface area contributed by atoms with Gasteiger partial charge in [-0.25, -0.2) is 4.68 Å². The first-order valence-corrected chi connectivity index (χ1v) is 8.15. The molecule has 8 nitrogen and oxygen atoms in total. The van der Waals surface area contributed by atoms with Crippen LogP contribution in [0.5, 0.6) is 0 Å². The Morgan fingerprint density at radius 3 is 2.64 bits per heavy atom. The quantitative estimate of drug-likeness (QED) is 0.817. The third kappa shape index (κ3) is 3.80. The van der Waals surface area contributed by atoms with Crippen LogP contribution in [0.25, 0.3) is 0 Å². The van der Waals surface area contributed by atoms with Gasteiger partial charge in [0.1, 0.15) is 6.54 Å². The molecule has 0 aromatic carbocycles. The molecule has 8 heteroatoms. The fourth-order valence-electron chi connectivity index (χ4n) is 3.15. The normalized spacial score (nSPS) is 23.7. The molecule has 3 rings (SSSR count). The van der Waals surface area contributed by atoms with Gasteiger partial charge in [-0.2, -0.15) is 0 Å². The summed E-state index contributed by atoms with van der Waals surface area (Å²) in [6.07, 6.45) is 5.27. The Morgan fingerprint density at radius 2 is 1.95 bits per heavy atom. The number of carbonyl (C=O) groups excluding carboxylic acids is 1. The average molecular weight is 308 g/mol. The van der Waals surface area contributed by atoms with Crippen LogP contribution < -0.4 is 0 Å². The molecule has 1 aromatic rings. The standard InChI is InChI=1S/C14H24N6O2/c21-12-5-8-19(9-12)14(22)11-20-13(15-16-17-20)10-18-6-3-1-2-4-7-18/h12,21H,1-11H2/t12-/m1/s1. The molecule has 0 bridgehead atoms. The van der Waals surface area contributed by atoms with Crippen LogP contribution in [0, 0.1) is 0 Å². The lowest BCUT2D eigenvalue weighted by Gasteiger charge is -2.19. The van der Waals surface area contributed by atoms with E-state index in [9.17, 15) is 9.90 Å². The van der Waals surface area contributed by atoms with Crippen LogP contribution in [0.15, 0.2) is 0 Å². The van der Waals surface area contributed by atoms with Gasteiger partial charge in [-0.1, -0.05) is 12.8 Å². The van der Waals surface area contributed by atoms with Crippen LogP contribution in [0.2, 0.25) is 0 Å². The summed E-state index contributed by atoms with van der Waals surface area (Å²) in [5.41, 5.74) is 0. The number of amides is 1. The van der Waals surface area contributed by atoms with Crippen LogP contribution in [-0.2, 0) is 17.9 Å². The number of hydrogen-bond donors (Lipinski definition) is 1. The molecular weight excluding hydrogens is 284 g/mol. The van der Waals surface area contributed by atoms with Gasteiger partial charge in [-0.3, -0.25) is 9.69 Å². The number of tetrazole rings is 1. The fourth-order valence-corrected chi connectivity index (χ4v) is 3.15. The number of nitrogens with zero attached hydrogens (tertiary/aromatic N) is 6. The second-order valence-electron chi connectivity index (χ2n) is 6.23. The van der Waals surface area contributed by atoms with Crippen molar-refractivity contribution in [2.24, 2.45) is 0 Å². The number of β-amino-alcohol motifs (C(OH)–C–C–N with tert-alkyl or cyclic N) is 1. The van der Waals surface area contributed by atoms with Crippen LogP contribution >= 0.6 is 0 Å². The molecule has 1 atom stereocenters. The summed E-state index contributed by atoms with van der Waals surface area (Å²) in [6.45, 7) is 4.02. The Morgan fingerprint density at radius 1 is 1.18 bits per heavy atom. The topological polar surface area (TPSA) is 87.4 Å². The summed E-state index contributed by atoms with van der Waals surface area (Å²) in [6, 6.07) is 0. The SMILES string of the molecule is O=C(Cn1nnnc1CN1CCCCCC1)N1CC[C@@H](O)C1. The maximum atomic E-state index is 12.2. The van der Waals surface area contributed by atoms with E-state index >= 15 is 0 Å². The molecule has 2 aliphatic rings. The number of aromatic nitrogens is 4. The molecule has 0 radical (unpaired) electrons. The van der Waals surface area contributed by atoms with Crippen LogP contribution in [0.3, 0.4) is 0 Å². The highest BCUT2D eigenvalue weighted by Gasteiger charge is 2.25. The zero-order valence-corrected chi connectivity index (χ0v) is 12.9. The van der Waals surface area contributed by atoms with Crippen LogP contribution in [0.1, 0.15) is 37.9 Å². The summed E-state index contributed by atoms with van der Waals surface area (Å²) in [7, 11) is 0. The average Bonchev–Trinajstić information content (AvgIpc) is 3.03. The van der Waals surface area contributed by atoms with Crippen molar-refractivity contribution in [1.82, 2.24) is 30.0 Å². The number of rotatable bonds is 4. The Bertz CT molecular complexity index is 497. The second-order valence-corrected chi connectivity index (χ2v) is 6.23. The van der Waals surface area contributed by atoms with Gasteiger partial charge in [-0.05, 0) is 42.8 Å². The number of likely N-dealkylation sites (tertiary alicyclic amines) is 2. The molecule has 0 saturated carbocycles. The predicted octanol–water partition coefficient (Wildman–Crippen LogP) is -0.358. The van der Waals surface area contributed by atoms with E-state index < -0.39 is 6.10 Å². The van der Waals surface area contributed by atoms with Crippen molar-refractivity contribution in [3.8, 4) is 0 Å². The largest absolute Gasteiger partial charge is 0.391 e. The first kappa shape index (κ1) is 15.4. The predicted molar refractivity (Wildman–Crippen MR) is 78.8 cm³/mol. The lowest BCUT2D eigenvalue weighted by Crippen LogP contribution is -2.34. The van der Waals surface area contributed by atoms with Gasteiger partial charge >= 0.3 is 0 Å². The van der Waals surface area contributed by atoms with Crippen molar-refractivity contribution in [3.63, 3.8) is 0 Å². The lowest BCUT2D eigenvalue weighted by molar-refractivity contribution is -0.131. The summed E-state index contributed by atoms with van der Waals surface area (Å²) >= 11 is 0. The van der Waals surface area contributed by atoms with E-state index in [-0.39, 0.29) is 12.5 Å². The van der Waals surface area contributed by atoms with Gasteiger partial charge in [0.15, 0.2) is 5.82 Å². The Balaban J connectivity index is 1.58. The van der Waals surface area contributed by atoms with Crippen molar-refractivity contribution < 1.29 is 9.90 Å². The summed E-state index contributed by atoms with van der Waals surface area (Å²) in [5, 5.41) is 21.3. The molecule has 0 unspecified atom stereocenters. The summed E-state index contributed by atoms with van der Waals surface area (Å²) < 4.78 is 1.60. The summed E-state index contributed by atoms with van der Waals surface area (Å²) in [4.78, 5) is 16.3. The molecule has 22 heavy (non-hydrogen) atoms. The molecule has 0 aliphatic carbocycles. The Kier molecular flexibility index (Phi) is 4.99. The van der Waals surface area contributed by atoms with Crippen molar-refractivity contribution in [2.45, 2.75) is 51.3 Å². The van der Waals surface area contributed by atoms with Crippen molar-refractivity contribution in [1.29, 1.82) is 0 Å². The molecule has 2 aliphatic heterocycles. The smallest absolute Gasteiger partial charge is 0.244 e. The van der Waals surface area contributed by atoms with Gasteiger partial charge in [0.05, 0.1) is 12.6 Å². The third-order valence-corrected chi connectivity index (χ3v) is 4.47. The minimum Gasteiger partial charge on any atom is -0.391 e. The Hall–Kier alpha value is -1.54. The Labute approximate surface area is 130 Å². The van der Waals surface area contributed by atoms with Gasteiger partial charge in [0.2, 0.25) is 5.91 Å². The van der Waals surface area contributed by atoms with Gasteiger partial charge < -0.3 is 10.0 Å². The van der Waals surface area contributed by atoms with E-state index in [1.54, 1.807) is 9.58 Å². The van der Waals surface area contributed by atoms with E-state index in [1.165, 1.54) is 25.7 Å². The zero-order valence-electron chi connectivity index (χ0n) is 12.9. The molecule has 2 saturated heterocycles. The minimum atomic E-state index is -0.394. The monoisotopic (exact) mass is 308 g/mol. The molecule has 1 amide bonds. The van der Waals surface area contributed by atoms with Gasteiger partial charge in [0, 0.05) is 13.1 Å². The van der Waals surface area contributed by atoms with Gasteiger partial charge in [0.25, 0.3) is 0 Å². The minimum absolute atomic E-state index is 0.0269. The number of carbonyl (C=O) groups is 1. The fraction of sp³-hybridized carbons (Fsp3) is 0.857. The van der Waals surface area contributed by atoms with E-state index in [2.05, 4.69) is 20.4 Å². The van der Waals surface area contributed by atoms with Crippen molar-refractivity contribution >= 4 is 5.91 Å². The maximum Gasteiger partial charge on any atom is 0.244 e. The van der Waals surface area contributed by atoms with Crippen molar-refractivity contribution in [3.05, 3.63) is 5.82 Å². The number of aliphatic hydroxyl groups excluding tert-OH is 1. The second kappa shape index (κ2) is 7.15. The van der Waals surface area contributed by atoms with E-state index in [0.717, 1.165) is 18.9 Å². The van der Waals surface area contributed by atoms with Gasteiger partial charge in [-0.15, -0.1) is 5.10 Å². The highest BCUT2D eigenvalue weighted by molar-refractivity contribution is 5.76. The molecule has 2 fully saturated rings. The lowest BCUT2D eigenvalue weighted by atomic mass is 10.2. The third-order valence-electron chi connectivity index (χ3n) is 4.47. The van der Waals surface area contributed by atoms with Crippen LogP contribution in [-0.4, -0.2) is 73.3 Å². The molecule has 0 spiro atoms. The highest BCUT2D eigenvalue weighted by Crippen LogP contribution is 2.13. The maximum absolute atomic E-state index is 12.2. The van der Waals surface area contributed by atoms with E-state index in [0.29, 0.717) is 26.1 Å². The summed E-state index contributed by atoms with van der Waals surface area (Å²) in [5.74, 6) is 0.718. The van der Waals surface area contributed by atoms with E-state index in [4.69, 9.17) is 0 Å². The molecular formula is C14H24N6O2.